The van der Waals surface area contributed by atoms with Gasteiger partial charge in [-0.2, -0.15) is 0 Å². The molecule has 2 saturated heterocycles. The third-order valence-corrected chi connectivity index (χ3v) is 6.16. The van der Waals surface area contributed by atoms with Crippen molar-refractivity contribution in [1.29, 1.82) is 0 Å². The van der Waals surface area contributed by atoms with Gasteiger partial charge in [0.1, 0.15) is 18.8 Å². The Morgan fingerprint density at radius 3 is 2.46 bits per heavy atom. The lowest BCUT2D eigenvalue weighted by atomic mass is 9.78. The van der Waals surface area contributed by atoms with E-state index in [1.807, 2.05) is 4.90 Å². The molecule has 0 unspecified atom stereocenters. The van der Waals surface area contributed by atoms with E-state index >= 15 is 0 Å². The van der Waals surface area contributed by atoms with E-state index < -0.39 is 0 Å². The Hall–Kier alpha value is -0.670. The van der Waals surface area contributed by atoms with Crippen LogP contribution < -0.4 is 10.2 Å². The fourth-order valence-electron chi connectivity index (χ4n) is 4.88. The Labute approximate surface area is 149 Å². The molecule has 2 fully saturated rings. The maximum Gasteiger partial charge on any atom is 0.182 e. The van der Waals surface area contributed by atoms with Gasteiger partial charge in [-0.3, -0.25) is 0 Å². The van der Waals surface area contributed by atoms with E-state index in [9.17, 15) is 0 Å². The molecule has 0 aromatic carbocycles. The van der Waals surface area contributed by atoms with E-state index in [4.69, 9.17) is 0 Å². The molecule has 1 aliphatic carbocycles. The van der Waals surface area contributed by atoms with Crippen molar-refractivity contribution in [3.63, 3.8) is 0 Å². The molecule has 2 heterocycles. The molecular weight excluding hydrogens is 294 g/mol. The van der Waals surface area contributed by atoms with Gasteiger partial charge in [0.25, 0.3) is 0 Å². The largest absolute Gasteiger partial charge is 0.335 e. The van der Waals surface area contributed by atoms with Crippen molar-refractivity contribution >= 4 is 5.71 Å². The summed E-state index contributed by atoms with van der Waals surface area (Å²) in [6.45, 7) is 13.0. The molecule has 3 nitrogen and oxygen atoms in total. The maximum absolute atomic E-state index is 2.68. The van der Waals surface area contributed by atoms with Crippen LogP contribution in [0.2, 0.25) is 0 Å². The van der Waals surface area contributed by atoms with Crippen LogP contribution in [-0.2, 0) is 0 Å². The number of rotatable bonds is 5. The number of hydrogen-bond acceptors (Lipinski definition) is 0. The van der Waals surface area contributed by atoms with E-state index in [1.165, 1.54) is 97.1 Å². The van der Waals surface area contributed by atoms with E-state index in [2.05, 4.69) is 29.8 Å². The highest BCUT2D eigenvalue weighted by molar-refractivity contribution is 5.92. The van der Waals surface area contributed by atoms with E-state index in [0.717, 1.165) is 0 Å². The molecule has 0 aromatic heterocycles. The first kappa shape index (κ1) is 18.1. The summed E-state index contributed by atoms with van der Waals surface area (Å²) in [5.41, 5.74) is 3.67. The zero-order valence-electron chi connectivity index (χ0n) is 16.2. The highest BCUT2D eigenvalue weighted by atomic mass is 15.1. The smallest absolute Gasteiger partial charge is 0.182 e. The van der Waals surface area contributed by atoms with Crippen molar-refractivity contribution < 1.29 is 14.8 Å². The minimum Gasteiger partial charge on any atom is -0.335 e. The average Bonchev–Trinajstić information content (AvgIpc) is 2.59. The summed E-state index contributed by atoms with van der Waals surface area (Å²) in [7, 11) is 0. The maximum atomic E-state index is 2.68. The fraction of sp³-hybridized carbons (Fsp3) is 0.857. The van der Waals surface area contributed by atoms with Gasteiger partial charge in [0, 0.05) is 32.1 Å². The van der Waals surface area contributed by atoms with Crippen LogP contribution in [0.15, 0.2) is 11.8 Å². The van der Waals surface area contributed by atoms with Gasteiger partial charge in [-0.1, -0.05) is 13.8 Å². The quantitative estimate of drug-likeness (QED) is 0.560. The third-order valence-electron chi connectivity index (χ3n) is 6.16. The van der Waals surface area contributed by atoms with Gasteiger partial charge in [-0.05, 0) is 31.1 Å². The molecule has 2 aliphatic heterocycles. The second kappa shape index (κ2) is 8.62. The molecule has 0 saturated carbocycles. The van der Waals surface area contributed by atoms with Crippen LogP contribution in [0, 0.1) is 5.41 Å². The van der Waals surface area contributed by atoms with Gasteiger partial charge in [-0.25, -0.2) is 4.58 Å². The molecule has 0 bridgehead atoms. The van der Waals surface area contributed by atoms with Crippen LogP contribution >= 0.6 is 0 Å². The van der Waals surface area contributed by atoms with Crippen LogP contribution in [0.1, 0.15) is 71.6 Å². The number of nitrogens with zero attached hydrogens (tertiary/aromatic N) is 1. The number of hydrogen-bond donors (Lipinski definition) is 2. The first-order valence-electron chi connectivity index (χ1n) is 10.6. The molecule has 3 N–H and O–H groups in total. The highest BCUT2D eigenvalue weighted by Gasteiger charge is 2.33. The predicted molar refractivity (Wildman–Crippen MR) is 101 cm³/mol. The molecule has 3 aliphatic rings. The second-order valence-electron chi connectivity index (χ2n) is 9.18. The van der Waals surface area contributed by atoms with Crippen molar-refractivity contribution in [2.45, 2.75) is 71.6 Å². The lowest BCUT2D eigenvalue weighted by Crippen LogP contribution is -3.13. The Morgan fingerprint density at radius 2 is 1.71 bits per heavy atom. The molecule has 0 atom stereocenters. The number of likely N-dealkylation sites (tertiary alicyclic amines) is 1. The number of quaternary nitrogens is 2. The molecule has 3 heteroatoms. The number of nitrogens with two attached hydrogens (primary N) is 1. The third kappa shape index (κ3) is 5.42. The summed E-state index contributed by atoms with van der Waals surface area (Å²) in [6, 6.07) is 0. The van der Waals surface area contributed by atoms with E-state index in [1.54, 1.807) is 11.4 Å². The summed E-state index contributed by atoms with van der Waals surface area (Å²) in [4.78, 5) is 1.85. The number of nitrogens with one attached hydrogen (secondary N) is 1. The minimum absolute atomic E-state index is 0.436. The Bertz CT molecular complexity index is 461. The fourth-order valence-corrected chi connectivity index (χ4v) is 4.88. The Morgan fingerprint density at radius 1 is 1.00 bits per heavy atom. The van der Waals surface area contributed by atoms with Crippen molar-refractivity contribution in [2.24, 2.45) is 5.41 Å². The van der Waals surface area contributed by atoms with Gasteiger partial charge in [-0.15, -0.1) is 0 Å². The highest BCUT2D eigenvalue weighted by Crippen LogP contribution is 2.32. The van der Waals surface area contributed by atoms with Crippen LogP contribution in [-0.4, -0.2) is 49.6 Å². The first-order chi connectivity index (χ1) is 11.6. The molecule has 0 spiro atoms. The molecule has 24 heavy (non-hydrogen) atoms. The minimum atomic E-state index is 0.436. The van der Waals surface area contributed by atoms with Gasteiger partial charge in [0.15, 0.2) is 5.71 Å². The zero-order valence-corrected chi connectivity index (χ0v) is 16.2. The zero-order chi connectivity index (χ0) is 16.8. The van der Waals surface area contributed by atoms with Crippen molar-refractivity contribution in [3.8, 4) is 0 Å². The molecule has 0 amide bonds. The summed E-state index contributed by atoms with van der Waals surface area (Å²) in [5, 5.41) is 2.56. The lowest BCUT2D eigenvalue weighted by Gasteiger charge is -2.28. The Balaban J connectivity index is 1.52. The number of allylic oxidation sites excluding steroid dienone is 2. The SMILES string of the molecule is CC1(C)CC([NH2+]CCC[NH+]2CCCCC2)=CC(=[N+]2CCCCC2)C1. The van der Waals surface area contributed by atoms with Gasteiger partial charge in [0.05, 0.1) is 32.3 Å². The molecule has 3 rings (SSSR count). The Kier molecular flexibility index (Phi) is 6.51. The first-order valence-corrected chi connectivity index (χ1v) is 10.6. The van der Waals surface area contributed by atoms with Crippen LogP contribution in [0.3, 0.4) is 0 Å². The average molecular weight is 335 g/mol. The number of piperidine rings is 2. The summed E-state index contributed by atoms with van der Waals surface area (Å²) in [6.07, 6.45) is 15.0. The van der Waals surface area contributed by atoms with Crippen molar-refractivity contribution in [3.05, 3.63) is 11.8 Å². The van der Waals surface area contributed by atoms with Gasteiger partial charge in [0.2, 0.25) is 0 Å². The molecule has 136 valence electrons. The van der Waals surface area contributed by atoms with Gasteiger partial charge >= 0.3 is 0 Å². The topological polar surface area (TPSA) is 24.1 Å². The molecular formula is C21H40N3+3. The molecule has 0 radical (unpaired) electrons. The summed E-state index contributed by atoms with van der Waals surface area (Å²) in [5.74, 6) is 0. The second-order valence-corrected chi connectivity index (χ2v) is 9.18. The molecule has 0 aromatic rings. The van der Waals surface area contributed by atoms with Crippen molar-refractivity contribution in [1.82, 2.24) is 0 Å². The normalized spacial score (nSPS) is 25.7. The van der Waals surface area contributed by atoms with Crippen LogP contribution in [0.4, 0.5) is 0 Å². The monoisotopic (exact) mass is 334 g/mol. The van der Waals surface area contributed by atoms with Gasteiger partial charge < -0.3 is 10.2 Å². The van der Waals surface area contributed by atoms with E-state index in [-0.39, 0.29) is 0 Å². The van der Waals surface area contributed by atoms with E-state index in [0.29, 0.717) is 5.41 Å². The predicted octanol–water partition coefficient (Wildman–Crippen LogP) is 1.35. The van der Waals surface area contributed by atoms with Crippen LogP contribution in [0.5, 0.6) is 0 Å². The lowest BCUT2D eigenvalue weighted by molar-refractivity contribution is -0.906. The standard InChI is InChI=1S/C21H37N3/c1-21(2)17-19(16-20(18-21)24-14-7-4-8-15-24)22-10-9-13-23-11-5-3-6-12-23/h16H,3-15,17-18H2,1-2H3/p+3. The van der Waals surface area contributed by atoms with Crippen molar-refractivity contribution in [2.75, 3.05) is 39.3 Å². The summed E-state index contributed by atoms with van der Waals surface area (Å²) < 4.78 is 2.68. The van der Waals surface area contributed by atoms with Crippen LogP contribution in [0.25, 0.3) is 0 Å². The summed E-state index contributed by atoms with van der Waals surface area (Å²) >= 11 is 0.